The molecule has 0 heterocycles. The van der Waals surface area contributed by atoms with E-state index in [2.05, 4.69) is 6.07 Å². The summed E-state index contributed by atoms with van der Waals surface area (Å²) >= 11 is 0. The molecule has 128 valence electrons. The van der Waals surface area contributed by atoms with Gasteiger partial charge in [-0.25, -0.2) is 0 Å². The summed E-state index contributed by atoms with van der Waals surface area (Å²) in [6.07, 6.45) is 3.60. The van der Waals surface area contributed by atoms with Crippen molar-refractivity contribution in [1.29, 1.82) is 0 Å². The molecule has 1 aliphatic carbocycles. The van der Waals surface area contributed by atoms with Crippen molar-refractivity contribution in [2.24, 2.45) is 0 Å². The van der Waals surface area contributed by atoms with Gasteiger partial charge in [0.05, 0.1) is 12.0 Å². The first-order valence-corrected chi connectivity index (χ1v) is 9.56. The lowest BCUT2D eigenvalue weighted by atomic mass is 9.89. The van der Waals surface area contributed by atoms with Gasteiger partial charge in [-0.1, -0.05) is 23.8 Å². The predicted molar refractivity (Wildman–Crippen MR) is 93.4 cm³/mol. The molecule has 0 aromatic heterocycles. The lowest BCUT2D eigenvalue weighted by molar-refractivity contribution is 0.414. The average Bonchev–Trinajstić information content (AvgIpc) is 2.75. The number of benzene rings is 2. The monoisotopic (exact) mass is 346 g/mol. The van der Waals surface area contributed by atoms with Crippen molar-refractivity contribution in [2.75, 3.05) is 7.11 Å². The summed E-state index contributed by atoms with van der Waals surface area (Å²) in [5.74, 6) is 0.879. The number of fused-ring (bicyclic) bond motifs is 1. The van der Waals surface area contributed by atoms with Crippen LogP contribution in [0.3, 0.4) is 0 Å². The average molecular weight is 346 g/mol. The molecule has 0 saturated carbocycles. The van der Waals surface area contributed by atoms with Crippen LogP contribution in [0.2, 0.25) is 0 Å². The summed E-state index contributed by atoms with van der Waals surface area (Å²) in [6.45, 7) is 1.94. The molecule has 1 aliphatic rings. The van der Waals surface area contributed by atoms with Crippen molar-refractivity contribution < 1.29 is 17.7 Å². The molecular formula is C19H22O4S. The first-order chi connectivity index (χ1) is 11.4. The highest BCUT2D eigenvalue weighted by atomic mass is 32.2. The third-order valence-corrected chi connectivity index (χ3v) is 5.69. The van der Waals surface area contributed by atoms with E-state index in [-0.39, 0.29) is 10.8 Å². The van der Waals surface area contributed by atoms with E-state index in [1.807, 2.05) is 25.1 Å². The number of rotatable bonds is 3. The van der Waals surface area contributed by atoms with Crippen LogP contribution in [0.25, 0.3) is 0 Å². The molecule has 2 aromatic carbocycles. The molecule has 0 spiro atoms. The van der Waals surface area contributed by atoms with E-state index in [4.69, 9.17) is 4.74 Å². The molecule has 1 atom stereocenters. The molecule has 5 heteroatoms. The van der Waals surface area contributed by atoms with Crippen molar-refractivity contribution >= 4 is 10.1 Å². The lowest BCUT2D eigenvalue weighted by Gasteiger charge is -2.19. The second-order valence-corrected chi connectivity index (χ2v) is 7.83. The minimum absolute atomic E-state index is 0.0319. The Morgan fingerprint density at radius 2 is 1.92 bits per heavy atom. The van der Waals surface area contributed by atoms with Crippen LogP contribution in [-0.2, 0) is 23.0 Å². The first kappa shape index (κ1) is 17.0. The van der Waals surface area contributed by atoms with Gasteiger partial charge in [-0.2, -0.15) is 8.42 Å². The summed E-state index contributed by atoms with van der Waals surface area (Å²) in [5, 5.41) is 0. The molecule has 1 unspecified atom stereocenters. The lowest BCUT2D eigenvalue weighted by Crippen LogP contribution is -2.10. The Kier molecular flexibility index (Phi) is 4.65. The molecule has 0 aliphatic heterocycles. The van der Waals surface area contributed by atoms with Gasteiger partial charge in [0.25, 0.3) is 10.1 Å². The van der Waals surface area contributed by atoms with E-state index in [0.717, 1.165) is 37.0 Å². The number of hydrogen-bond donors (Lipinski definition) is 1. The summed E-state index contributed by atoms with van der Waals surface area (Å²) in [6, 6.07) is 11.2. The van der Waals surface area contributed by atoms with Gasteiger partial charge in [0.15, 0.2) is 0 Å². The smallest absolute Gasteiger partial charge is 0.294 e. The van der Waals surface area contributed by atoms with Crippen LogP contribution in [0.15, 0.2) is 41.3 Å². The second kappa shape index (κ2) is 6.57. The largest absolute Gasteiger partial charge is 0.497 e. The Labute approximate surface area is 143 Å². The van der Waals surface area contributed by atoms with Crippen molar-refractivity contribution in [3.05, 3.63) is 58.7 Å². The van der Waals surface area contributed by atoms with Crippen LogP contribution in [-0.4, -0.2) is 20.1 Å². The highest BCUT2D eigenvalue weighted by molar-refractivity contribution is 7.85. The van der Waals surface area contributed by atoms with Crippen molar-refractivity contribution in [3.8, 4) is 5.75 Å². The molecule has 4 nitrogen and oxygen atoms in total. The van der Waals surface area contributed by atoms with E-state index < -0.39 is 10.1 Å². The number of methoxy groups -OCH3 is 1. The van der Waals surface area contributed by atoms with Gasteiger partial charge in [0.1, 0.15) is 5.75 Å². The fourth-order valence-electron chi connectivity index (χ4n) is 3.56. The topological polar surface area (TPSA) is 63.6 Å². The van der Waals surface area contributed by atoms with Crippen molar-refractivity contribution in [3.63, 3.8) is 0 Å². The maximum Gasteiger partial charge on any atom is 0.294 e. The Morgan fingerprint density at radius 1 is 1.12 bits per heavy atom. The summed E-state index contributed by atoms with van der Waals surface area (Å²) in [5.41, 5.74) is 4.19. The predicted octanol–water partition coefficient (Wildman–Crippen LogP) is 3.91. The summed E-state index contributed by atoms with van der Waals surface area (Å²) < 4.78 is 38.5. The summed E-state index contributed by atoms with van der Waals surface area (Å²) in [4.78, 5) is 0.0319. The van der Waals surface area contributed by atoms with Gasteiger partial charge in [-0.15, -0.1) is 0 Å². The fourth-order valence-corrected chi connectivity index (χ4v) is 4.32. The van der Waals surface area contributed by atoms with E-state index in [9.17, 15) is 13.0 Å². The fraction of sp³-hybridized carbons (Fsp3) is 0.368. The third-order valence-electron chi connectivity index (χ3n) is 4.76. The van der Waals surface area contributed by atoms with E-state index in [0.29, 0.717) is 5.56 Å². The van der Waals surface area contributed by atoms with E-state index >= 15 is 0 Å². The molecule has 2 aromatic rings. The van der Waals surface area contributed by atoms with Crippen LogP contribution in [0, 0.1) is 6.92 Å². The van der Waals surface area contributed by atoms with Gasteiger partial charge in [0.2, 0.25) is 0 Å². The zero-order valence-electron chi connectivity index (χ0n) is 14.0. The van der Waals surface area contributed by atoms with Gasteiger partial charge < -0.3 is 4.74 Å². The summed E-state index contributed by atoms with van der Waals surface area (Å²) in [7, 11) is -2.58. The zero-order valence-corrected chi connectivity index (χ0v) is 14.8. The molecule has 0 amide bonds. The van der Waals surface area contributed by atoms with Crippen LogP contribution < -0.4 is 4.74 Å². The number of aryl methyl sites for hydroxylation is 2. The normalized spacial score (nSPS) is 17.9. The van der Waals surface area contributed by atoms with Crippen molar-refractivity contribution in [2.45, 2.75) is 43.4 Å². The molecule has 0 bridgehead atoms. The standard InChI is InChI=1S/C19H22O4S/c1-13-6-9-19(24(20,21)22)18(10-13)15-5-3-4-14-7-8-17(23-2)12-16(14)11-15/h6-10,12,15H,3-5,11H2,1-2H3,(H,20,21,22). The molecule has 24 heavy (non-hydrogen) atoms. The molecule has 1 N–H and O–H groups in total. The van der Waals surface area contributed by atoms with Gasteiger partial charge in [0, 0.05) is 0 Å². The van der Waals surface area contributed by atoms with Crippen LogP contribution in [0.5, 0.6) is 5.75 Å². The Bertz CT molecular complexity index is 856. The molecule has 0 radical (unpaired) electrons. The number of hydrogen-bond acceptors (Lipinski definition) is 3. The molecule has 0 fully saturated rings. The highest BCUT2D eigenvalue weighted by Gasteiger charge is 2.25. The first-order valence-electron chi connectivity index (χ1n) is 8.12. The second-order valence-electron chi connectivity index (χ2n) is 6.44. The third kappa shape index (κ3) is 3.47. The quantitative estimate of drug-likeness (QED) is 0.676. The van der Waals surface area contributed by atoms with Gasteiger partial charge in [-0.05, 0) is 73.4 Å². The Balaban J connectivity index is 2.05. The maximum absolute atomic E-state index is 11.8. The Hall–Kier alpha value is -1.85. The molecular weight excluding hydrogens is 324 g/mol. The molecule has 0 saturated heterocycles. The Morgan fingerprint density at radius 3 is 2.62 bits per heavy atom. The van der Waals surface area contributed by atoms with E-state index in [1.54, 1.807) is 13.2 Å². The van der Waals surface area contributed by atoms with Gasteiger partial charge in [-0.3, -0.25) is 4.55 Å². The van der Waals surface area contributed by atoms with E-state index in [1.165, 1.54) is 17.2 Å². The van der Waals surface area contributed by atoms with Crippen LogP contribution >= 0.6 is 0 Å². The zero-order chi connectivity index (χ0) is 17.3. The van der Waals surface area contributed by atoms with Gasteiger partial charge >= 0.3 is 0 Å². The minimum atomic E-state index is -4.23. The number of ether oxygens (including phenoxy) is 1. The van der Waals surface area contributed by atoms with Crippen LogP contribution in [0.1, 0.15) is 41.0 Å². The van der Waals surface area contributed by atoms with Crippen molar-refractivity contribution in [1.82, 2.24) is 0 Å². The maximum atomic E-state index is 11.8. The highest BCUT2D eigenvalue weighted by Crippen LogP contribution is 2.36. The van der Waals surface area contributed by atoms with Crippen LogP contribution in [0.4, 0.5) is 0 Å². The minimum Gasteiger partial charge on any atom is -0.497 e. The molecule has 3 rings (SSSR count). The SMILES string of the molecule is COc1ccc2c(c1)CC(c1cc(C)ccc1S(=O)(=O)O)CCC2.